The third kappa shape index (κ3) is 2.40. The highest BCUT2D eigenvalue weighted by molar-refractivity contribution is 5.27. The van der Waals surface area contributed by atoms with Gasteiger partial charge in [-0.05, 0) is 31.2 Å². The topological polar surface area (TPSA) is 71.8 Å². The molecule has 0 saturated heterocycles. The van der Waals surface area contributed by atoms with Crippen molar-refractivity contribution < 1.29 is 0 Å². The molecule has 2 rings (SSSR count). The lowest BCUT2D eigenvalue weighted by molar-refractivity contribution is 0.510. The second-order valence-electron chi connectivity index (χ2n) is 4.49. The van der Waals surface area contributed by atoms with Gasteiger partial charge in [-0.2, -0.15) is 5.26 Å². The van der Waals surface area contributed by atoms with Gasteiger partial charge in [0, 0.05) is 30.8 Å². The van der Waals surface area contributed by atoms with Crippen LogP contribution in [0.15, 0.2) is 16.9 Å². The first-order chi connectivity index (χ1) is 8.24. The summed E-state index contributed by atoms with van der Waals surface area (Å²) in [5.41, 5.74) is 8.26. The quantitative estimate of drug-likeness (QED) is 0.801. The minimum Gasteiger partial charge on any atom is -0.324 e. The summed E-state index contributed by atoms with van der Waals surface area (Å²) in [5.74, 6) is 0. The van der Waals surface area contributed by atoms with Crippen LogP contribution in [0.25, 0.3) is 0 Å². The van der Waals surface area contributed by atoms with Crippen LogP contribution in [0, 0.1) is 11.3 Å². The fourth-order valence-electron chi connectivity index (χ4n) is 2.46. The number of unbranched alkanes of at least 4 members (excludes halogenated alkanes) is 1. The molecule has 17 heavy (non-hydrogen) atoms. The van der Waals surface area contributed by atoms with Crippen molar-refractivity contribution in [2.45, 2.75) is 44.7 Å². The van der Waals surface area contributed by atoms with E-state index in [0.29, 0.717) is 13.0 Å². The molecule has 0 saturated carbocycles. The Morgan fingerprint density at radius 2 is 2.35 bits per heavy atom. The molecular formula is C13H17N3O. The maximum atomic E-state index is 11.8. The lowest BCUT2D eigenvalue weighted by Crippen LogP contribution is -2.29. The van der Waals surface area contributed by atoms with E-state index in [0.717, 1.165) is 36.9 Å². The highest BCUT2D eigenvalue weighted by Gasteiger charge is 2.19. The van der Waals surface area contributed by atoms with Crippen LogP contribution >= 0.6 is 0 Å². The molecule has 0 spiro atoms. The van der Waals surface area contributed by atoms with E-state index < -0.39 is 0 Å². The molecule has 0 radical (unpaired) electrons. The van der Waals surface area contributed by atoms with Gasteiger partial charge in [-0.25, -0.2) is 0 Å². The van der Waals surface area contributed by atoms with Gasteiger partial charge in [0.05, 0.1) is 6.07 Å². The van der Waals surface area contributed by atoms with Crippen molar-refractivity contribution in [3.05, 3.63) is 33.7 Å². The van der Waals surface area contributed by atoms with Gasteiger partial charge < -0.3 is 10.3 Å². The van der Waals surface area contributed by atoms with E-state index >= 15 is 0 Å². The zero-order chi connectivity index (χ0) is 12.3. The molecule has 2 N–H and O–H groups in total. The number of nitriles is 1. The van der Waals surface area contributed by atoms with Gasteiger partial charge in [0.1, 0.15) is 0 Å². The number of hydrogen-bond acceptors (Lipinski definition) is 3. The van der Waals surface area contributed by atoms with Crippen LogP contribution in [0.2, 0.25) is 0 Å². The first-order valence-corrected chi connectivity index (χ1v) is 6.09. The van der Waals surface area contributed by atoms with Crippen molar-refractivity contribution in [1.29, 1.82) is 5.26 Å². The van der Waals surface area contributed by atoms with Gasteiger partial charge in [-0.15, -0.1) is 0 Å². The molecule has 0 amide bonds. The van der Waals surface area contributed by atoms with Gasteiger partial charge in [0.15, 0.2) is 0 Å². The molecule has 0 bridgehead atoms. The van der Waals surface area contributed by atoms with Gasteiger partial charge in [0.25, 0.3) is 5.56 Å². The van der Waals surface area contributed by atoms with Crippen molar-refractivity contribution in [2.24, 2.45) is 5.73 Å². The smallest absolute Gasteiger partial charge is 0.250 e. The molecule has 1 aliphatic carbocycles. The molecule has 4 heteroatoms. The van der Waals surface area contributed by atoms with E-state index in [9.17, 15) is 4.79 Å². The molecule has 0 fully saturated rings. The maximum absolute atomic E-state index is 11.8. The fraction of sp³-hybridized carbons (Fsp3) is 0.538. The van der Waals surface area contributed by atoms with E-state index in [2.05, 4.69) is 6.07 Å². The zero-order valence-corrected chi connectivity index (χ0v) is 9.85. The normalized spacial score (nSPS) is 18.5. The predicted molar refractivity (Wildman–Crippen MR) is 65.4 cm³/mol. The Kier molecular flexibility index (Phi) is 3.60. The summed E-state index contributed by atoms with van der Waals surface area (Å²) in [6.07, 6.45) is 4.16. The molecule has 0 aromatic carbocycles. The minimum atomic E-state index is 0.0239. The van der Waals surface area contributed by atoms with Crippen LogP contribution in [-0.4, -0.2) is 4.57 Å². The molecule has 1 aromatic heterocycles. The van der Waals surface area contributed by atoms with Gasteiger partial charge in [-0.3, -0.25) is 4.79 Å². The molecule has 0 aliphatic heterocycles. The zero-order valence-electron chi connectivity index (χ0n) is 9.85. The maximum Gasteiger partial charge on any atom is 0.250 e. The van der Waals surface area contributed by atoms with Crippen LogP contribution in [0.5, 0.6) is 0 Å². The number of rotatable bonds is 3. The first kappa shape index (κ1) is 11.9. The van der Waals surface area contributed by atoms with E-state index in [1.165, 1.54) is 0 Å². The van der Waals surface area contributed by atoms with Crippen LogP contribution in [-0.2, 0) is 13.0 Å². The standard InChI is InChI=1S/C13H17N3O/c14-8-1-2-9-16-12-5-3-4-11(15)10(12)6-7-13(16)17/h6-7,11H,1-5,9,15H2. The van der Waals surface area contributed by atoms with Gasteiger partial charge >= 0.3 is 0 Å². The van der Waals surface area contributed by atoms with Crippen molar-refractivity contribution in [2.75, 3.05) is 0 Å². The van der Waals surface area contributed by atoms with Crippen LogP contribution in [0.3, 0.4) is 0 Å². The Labute approximate surface area is 101 Å². The molecular weight excluding hydrogens is 214 g/mol. The minimum absolute atomic E-state index is 0.0239. The third-order valence-electron chi connectivity index (χ3n) is 3.33. The number of pyridine rings is 1. The van der Waals surface area contributed by atoms with Gasteiger partial charge in [0.2, 0.25) is 0 Å². The molecule has 1 atom stereocenters. The highest BCUT2D eigenvalue weighted by Crippen LogP contribution is 2.26. The Hall–Kier alpha value is -1.60. The predicted octanol–water partition coefficient (Wildman–Crippen LogP) is 1.49. The average Bonchev–Trinajstić information content (AvgIpc) is 2.32. The lowest BCUT2D eigenvalue weighted by Gasteiger charge is -2.25. The van der Waals surface area contributed by atoms with Crippen molar-refractivity contribution >= 4 is 0 Å². The summed E-state index contributed by atoms with van der Waals surface area (Å²) in [5, 5.41) is 8.54. The Bertz CT molecular complexity index is 498. The van der Waals surface area contributed by atoms with Crippen LogP contribution in [0.1, 0.15) is 43.0 Å². The van der Waals surface area contributed by atoms with Crippen LogP contribution in [0.4, 0.5) is 0 Å². The molecule has 1 unspecified atom stereocenters. The van der Waals surface area contributed by atoms with Gasteiger partial charge in [-0.1, -0.05) is 6.07 Å². The first-order valence-electron chi connectivity index (χ1n) is 6.09. The second kappa shape index (κ2) is 5.15. The molecule has 90 valence electrons. The fourth-order valence-corrected chi connectivity index (χ4v) is 2.46. The molecule has 4 nitrogen and oxygen atoms in total. The Balaban J connectivity index is 2.33. The molecule has 1 aromatic rings. The Morgan fingerprint density at radius 3 is 3.12 bits per heavy atom. The van der Waals surface area contributed by atoms with Crippen molar-refractivity contribution in [1.82, 2.24) is 4.57 Å². The number of fused-ring (bicyclic) bond motifs is 1. The van der Waals surface area contributed by atoms with E-state index in [1.54, 1.807) is 10.6 Å². The summed E-state index contributed by atoms with van der Waals surface area (Å²) in [6.45, 7) is 0.627. The highest BCUT2D eigenvalue weighted by atomic mass is 16.1. The van der Waals surface area contributed by atoms with Crippen molar-refractivity contribution in [3.8, 4) is 6.07 Å². The molecule has 1 heterocycles. The van der Waals surface area contributed by atoms with Crippen molar-refractivity contribution in [3.63, 3.8) is 0 Å². The average molecular weight is 231 g/mol. The van der Waals surface area contributed by atoms with E-state index in [1.807, 2.05) is 6.07 Å². The van der Waals surface area contributed by atoms with Crippen LogP contribution < -0.4 is 11.3 Å². The van der Waals surface area contributed by atoms with E-state index in [4.69, 9.17) is 11.0 Å². The number of hydrogen-bond donors (Lipinski definition) is 1. The lowest BCUT2D eigenvalue weighted by atomic mass is 9.91. The van der Waals surface area contributed by atoms with E-state index in [-0.39, 0.29) is 11.6 Å². The number of nitrogens with zero attached hydrogens (tertiary/aromatic N) is 2. The third-order valence-corrected chi connectivity index (χ3v) is 3.33. The second-order valence-corrected chi connectivity index (χ2v) is 4.49. The summed E-state index contributed by atoms with van der Waals surface area (Å²) in [7, 11) is 0. The monoisotopic (exact) mass is 231 g/mol. The summed E-state index contributed by atoms with van der Waals surface area (Å²) in [4.78, 5) is 11.8. The number of aromatic nitrogens is 1. The summed E-state index contributed by atoms with van der Waals surface area (Å²) >= 11 is 0. The Morgan fingerprint density at radius 1 is 1.53 bits per heavy atom. The number of nitrogens with two attached hydrogens (primary N) is 1. The summed E-state index contributed by atoms with van der Waals surface area (Å²) < 4.78 is 1.80. The SMILES string of the molecule is N#CCCCn1c2c(ccc1=O)C(N)CCC2. The largest absolute Gasteiger partial charge is 0.324 e. The summed E-state index contributed by atoms with van der Waals surface area (Å²) in [6, 6.07) is 5.62. The molecule has 1 aliphatic rings.